The first kappa shape index (κ1) is 11.4. The molecule has 0 aromatic carbocycles. The van der Waals surface area contributed by atoms with Gasteiger partial charge in [-0.2, -0.15) is 0 Å². The van der Waals surface area contributed by atoms with E-state index in [0.29, 0.717) is 6.04 Å². The Kier molecular flexibility index (Phi) is 4.00. The molecule has 2 aliphatic rings. The Morgan fingerprint density at radius 2 is 2.00 bits per heavy atom. The van der Waals surface area contributed by atoms with Crippen molar-refractivity contribution < 1.29 is 0 Å². The SMILES string of the molecule is CC1CC1CNCCN1CCC(N)CC1. The van der Waals surface area contributed by atoms with Crippen LogP contribution in [0.15, 0.2) is 0 Å². The Balaban J connectivity index is 1.47. The second-order valence-electron chi connectivity index (χ2n) is 5.36. The second kappa shape index (κ2) is 5.28. The molecule has 1 aliphatic carbocycles. The Labute approximate surface area is 93.4 Å². The normalized spacial score (nSPS) is 33.2. The van der Waals surface area contributed by atoms with Crippen LogP contribution >= 0.6 is 0 Å². The monoisotopic (exact) mass is 211 g/mol. The molecule has 0 bridgehead atoms. The predicted octanol–water partition coefficient (Wildman–Crippen LogP) is 0.655. The summed E-state index contributed by atoms with van der Waals surface area (Å²) in [4.78, 5) is 2.53. The molecule has 1 heterocycles. The molecule has 1 saturated carbocycles. The van der Waals surface area contributed by atoms with Crippen LogP contribution in [0.2, 0.25) is 0 Å². The summed E-state index contributed by atoms with van der Waals surface area (Å²) in [6, 6.07) is 0.460. The zero-order valence-electron chi connectivity index (χ0n) is 9.91. The summed E-state index contributed by atoms with van der Waals surface area (Å²) in [7, 11) is 0. The third-order valence-electron chi connectivity index (χ3n) is 3.92. The van der Waals surface area contributed by atoms with Crippen LogP contribution in [-0.2, 0) is 0 Å². The number of piperidine rings is 1. The van der Waals surface area contributed by atoms with E-state index in [0.717, 1.165) is 18.4 Å². The molecule has 2 unspecified atom stereocenters. The molecule has 1 aliphatic heterocycles. The fourth-order valence-corrected chi connectivity index (χ4v) is 2.38. The van der Waals surface area contributed by atoms with E-state index in [2.05, 4.69) is 17.1 Å². The lowest BCUT2D eigenvalue weighted by Gasteiger charge is -2.30. The summed E-state index contributed by atoms with van der Waals surface area (Å²) in [6.07, 6.45) is 3.80. The van der Waals surface area contributed by atoms with Crippen LogP contribution in [0.5, 0.6) is 0 Å². The zero-order valence-corrected chi connectivity index (χ0v) is 9.91. The van der Waals surface area contributed by atoms with E-state index < -0.39 is 0 Å². The number of hydrogen-bond acceptors (Lipinski definition) is 3. The smallest absolute Gasteiger partial charge is 0.0107 e. The molecule has 3 N–H and O–H groups in total. The molecular formula is C12H25N3. The summed E-state index contributed by atoms with van der Waals surface area (Å²) in [6.45, 7) is 8.32. The average Bonchev–Trinajstić information content (AvgIpc) is 2.92. The van der Waals surface area contributed by atoms with Crippen LogP contribution in [0, 0.1) is 11.8 Å². The van der Waals surface area contributed by atoms with Crippen LogP contribution in [0.4, 0.5) is 0 Å². The van der Waals surface area contributed by atoms with E-state index in [1.807, 2.05) is 0 Å². The molecule has 2 rings (SSSR count). The summed E-state index contributed by atoms with van der Waals surface area (Å²) in [5, 5.41) is 3.56. The third kappa shape index (κ3) is 3.74. The highest BCUT2D eigenvalue weighted by atomic mass is 15.1. The van der Waals surface area contributed by atoms with Crippen molar-refractivity contribution in [2.45, 2.75) is 32.2 Å². The van der Waals surface area contributed by atoms with Gasteiger partial charge >= 0.3 is 0 Å². The number of nitrogens with one attached hydrogen (secondary N) is 1. The number of rotatable bonds is 5. The number of nitrogens with two attached hydrogens (primary N) is 1. The molecule has 2 fully saturated rings. The first-order chi connectivity index (χ1) is 7.25. The van der Waals surface area contributed by atoms with E-state index in [-0.39, 0.29) is 0 Å². The molecule has 15 heavy (non-hydrogen) atoms. The van der Waals surface area contributed by atoms with Gasteiger partial charge in [0.2, 0.25) is 0 Å². The highest BCUT2D eigenvalue weighted by molar-refractivity contribution is 4.84. The van der Waals surface area contributed by atoms with Gasteiger partial charge in [0.05, 0.1) is 0 Å². The highest BCUT2D eigenvalue weighted by Gasteiger charge is 2.31. The van der Waals surface area contributed by atoms with Gasteiger partial charge in [0, 0.05) is 19.1 Å². The van der Waals surface area contributed by atoms with Crippen LogP contribution in [0.1, 0.15) is 26.2 Å². The number of likely N-dealkylation sites (tertiary alicyclic amines) is 1. The van der Waals surface area contributed by atoms with Crippen molar-refractivity contribution in [2.24, 2.45) is 17.6 Å². The molecule has 0 aromatic rings. The topological polar surface area (TPSA) is 41.3 Å². The Morgan fingerprint density at radius 3 is 2.60 bits per heavy atom. The average molecular weight is 211 g/mol. The van der Waals surface area contributed by atoms with Gasteiger partial charge in [-0.15, -0.1) is 0 Å². The Bertz CT molecular complexity index is 187. The first-order valence-corrected chi connectivity index (χ1v) is 6.44. The minimum Gasteiger partial charge on any atom is -0.328 e. The molecule has 3 nitrogen and oxygen atoms in total. The van der Waals surface area contributed by atoms with E-state index in [9.17, 15) is 0 Å². The van der Waals surface area contributed by atoms with E-state index in [1.54, 1.807) is 0 Å². The van der Waals surface area contributed by atoms with Gasteiger partial charge in [0.25, 0.3) is 0 Å². The summed E-state index contributed by atoms with van der Waals surface area (Å²) < 4.78 is 0. The maximum atomic E-state index is 5.87. The fourth-order valence-electron chi connectivity index (χ4n) is 2.38. The molecule has 0 spiro atoms. The lowest BCUT2D eigenvalue weighted by molar-refractivity contribution is 0.213. The van der Waals surface area contributed by atoms with Crippen molar-refractivity contribution in [1.29, 1.82) is 0 Å². The van der Waals surface area contributed by atoms with Crippen molar-refractivity contribution in [2.75, 3.05) is 32.7 Å². The van der Waals surface area contributed by atoms with E-state index in [1.165, 1.54) is 45.4 Å². The summed E-state index contributed by atoms with van der Waals surface area (Å²) >= 11 is 0. The molecule has 2 atom stereocenters. The molecule has 3 heteroatoms. The standard InChI is InChI=1S/C12H25N3/c1-10-8-11(10)9-14-4-7-15-5-2-12(13)3-6-15/h10-12,14H,2-9,13H2,1H3. The summed E-state index contributed by atoms with van der Waals surface area (Å²) in [5.74, 6) is 1.95. The molecular weight excluding hydrogens is 186 g/mol. The first-order valence-electron chi connectivity index (χ1n) is 6.44. The quantitative estimate of drug-likeness (QED) is 0.656. The molecule has 0 amide bonds. The van der Waals surface area contributed by atoms with Crippen LogP contribution in [0.3, 0.4) is 0 Å². The van der Waals surface area contributed by atoms with E-state index in [4.69, 9.17) is 5.73 Å². The Morgan fingerprint density at radius 1 is 1.33 bits per heavy atom. The highest BCUT2D eigenvalue weighted by Crippen LogP contribution is 2.36. The molecule has 1 saturated heterocycles. The van der Waals surface area contributed by atoms with Crippen molar-refractivity contribution >= 4 is 0 Å². The molecule has 0 radical (unpaired) electrons. The zero-order chi connectivity index (χ0) is 10.7. The van der Waals surface area contributed by atoms with Gasteiger partial charge < -0.3 is 16.0 Å². The maximum Gasteiger partial charge on any atom is 0.0107 e. The van der Waals surface area contributed by atoms with Crippen LogP contribution in [-0.4, -0.2) is 43.7 Å². The number of nitrogens with zero attached hydrogens (tertiary/aromatic N) is 1. The van der Waals surface area contributed by atoms with Gasteiger partial charge in [0.15, 0.2) is 0 Å². The summed E-state index contributed by atoms with van der Waals surface area (Å²) in [5.41, 5.74) is 5.87. The lowest BCUT2D eigenvalue weighted by atomic mass is 10.1. The van der Waals surface area contributed by atoms with Gasteiger partial charge in [0.1, 0.15) is 0 Å². The minimum atomic E-state index is 0.460. The predicted molar refractivity (Wildman–Crippen MR) is 63.8 cm³/mol. The van der Waals surface area contributed by atoms with Crippen molar-refractivity contribution in [3.63, 3.8) is 0 Å². The van der Waals surface area contributed by atoms with Crippen molar-refractivity contribution in [3.8, 4) is 0 Å². The third-order valence-corrected chi connectivity index (χ3v) is 3.92. The lowest BCUT2D eigenvalue weighted by Crippen LogP contribution is -2.42. The molecule has 0 aromatic heterocycles. The fraction of sp³-hybridized carbons (Fsp3) is 1.00. The maximum absolute atomic E-state index is 5.87. The van der Waals surface area contributed by atoms with Crippen LogP contribution < -0.4 is 11.1 Å². The largest absolute Gasteiger partial charge is 0.328 e. The Hall–Kier alpha value is -0.120. The van der Waals surface area contributed by atoms with E-state index >= 15 is 0 Å². The second-order valence-corrected chi connectivity index (χ2v) is 5.36. The van der Waals surface area contributed by atoms with Gasteiger partial charge in [-0.05, 0) is 50.7 Å². The van der Waals surface area contributed by atoms with Gasteiger partial charge in [-0.1, -0.05) is 6.92 Å². The van der Waals surface area contributed by atoms with Gasteiger partial charge in [-0.25, -0.2) is 0 Å². The number of hydrogen-bond donors (Lipinski definition) is 2. The van der Waals surface area contributed by atoms with Crippen molar-refractivity contribution in [3.05, 3.63) is 0 Å². The molecule has 88 valence electrons. The minimum absolute atomic E-state index is 0.460. The van der Waals surface area contributed by atoms with Crippen molar-refractivity contribution in [1.82, 2.24) is 10.2 Å². The van der Waals surface area contributed by atoms with Gasteiger partial charge in [-0.3, -0.25) is 0 Å². The van der Waals surface area contributed by atoms with Crippen LogP contribution in [0.25, 0.3) is 0 Å².